The first-order valence-corrected chi connectivity index (χ1v) is 10.9. The molecule has 0 bridgehead atoms. The molecular formula is C19H12BrClN2O3S2. The second-order valence-electron chi connectivity index (χ2n) is 5.76. The van der Waals surface area contributed by atoms with E-state index in [0.717, 1.165) is 10.4 Å². The smallest absolute Gasteiger partial charge is 0.260 e. The minimum Gasteiger partial charge on any atom is -0.504 e. The number of benzene rings is 1. The molecule has 5 nitrogen and oxygen atoms in total. The van der Waals surface area contributed by atoms with Gasteiger partial charge in [0.2, 0.25) is 0 Å². The van der Waals surface area contributed by atoms with Gasteiger partial charge in [-0.2, -0.15) is 0 Å². The average molecular weight is 496 g/mol. The van der Waals surface area contributed by atoms with Crippen molar-refractivity contribution in [3.05, 3.63) is 61.2 Å². The number of H-pyrrole nitrogens is 1. The van der Waals surface area contributed by atoms with Gasteiger partial charge in [0.05, 0.1) is 17.5 Å². The molecule has 4 rings (SSSR count). The predicted molar refractivity (Wildman–Crippen MR) is 120 cm³/mol. The zero-order valence-electron chi connectivity index (χ0n) is 14.3. The number of hydrogen-bond acceptors (Lipinski definition) is 6. The summed E-state index contributed by atoms with van der Waals surface area (Å²) in [6, 6.07) is 7.07. The Morgan fingerprint density at radius 3 is 2.93 bits per heavy atom. The van der Waals surface area contributed by atoms with Gasteiger partial charge in [-0.05, 0) is 35.2 Å². The quantitative estimate of drug-likeness (QED) is 0.368. The zero-order chi connectivity index (χ0) is 19.8. The van der Waals surface area contributed by atoms with E-state index >= 15 is 0 Å². The molecule has 0 aliphatic heterocycles. The van der Waals surface area contributed by atoms with Gasteiger partial charge in [-0.15, -0.1) is 22.7 Å². The third-order valence-electron chi connectivity index (χ3n) is 4.04. The average Bonchev–Trinajstić information content (AvgIpc) is 3.33. The van der Waals surface area contributed by atoms with Crippen LogP contribution in [0, 0.1) is 0 Å². The van der Waals surface area contributed by atoms with Gasteiger partial charge in [-0.25, -0.2) is 4.98 Å². The van der Waals surface area contributed by atoms with Crippen molar-refractivity contribution in [1.82, 2.24) is 9.97 Å². The number of fused-ring (bicyclic) bond motifs is 1. The number of rotatable bonds is 4. The molecule has 0 amide bonds. The lowest BCUT2D eigenvalue weighted by molar-refractivity contribution is 0.373. The summed E-state index contributed by atoms with van der Waals surface area (Å²) in [6.45, 7) is 0. The lowest BCUT2D eigenvalue weighted by atomic mass is 10.2. The molecule has 0 aliphatic rings. The molecule has 0 unspecified atom stereocenters. The van der Waals surface area contributed by atoms with Crippen LogP contribution >= 0.6 is 50.2 Å². The Labute approximate surface area is 181 Å². The van der Waals surface area contributed by atoms with E-state index in [1.165, 1.54) is 24.5 Å². The van der Waals surface area contributed by atoms with Crippen molar-refractivity contribution >= 4 is 71.5 Å². The van der Waals surface area contributed by atoms with E-state index < -0.39 is 0 Å². The molecule has 0 spiro atoms. The number of ether oxygens (including phenoxy) is 1. The molecule has 2 N–H and O–H groups in total. The number of hydrogen-bond donors (Lipinski definition) is 2. The number of thiophene rings is 2. The summed E-state index contributed by atoms with van der Waals surface area (Å²) in [5.41, 5.74) is 1.31. The van der Waals surface area contributed by atoms with Crippen LogP contribution in [0.3, 0.4) is 0 Å². The van der Waals surface area contributed by atoms with E-state index in [2.05, 4.69) is 25.9 Å². The molecule has 1 aromatic carbocycles. The number of phenolic OH excluding ortho intramolecular Hbond substituents is 1. The number of phenols is 1. The van der Waals surface area contributed by atoms with E-state index in [1.54, 1.807) is 23.5 Å². The number of nitrogens with one attached hydrogen (secondary N) is 1. The van der Waals surface area contributed by atoms with Gasteiger partial charge in [0, 0.05) is 20.3 Å². The summed E-state index contributed by atoms with van der Waals surface area (Å²) in [5.74, 6) is 0.600. The van der Waals surface area contributed by atoms with Crippen molar-refractivity contribution < 1.29 is 9.84 Å². The summed E-state index contributed by atoms with van der Waals surface area (Å²) >= 11 is 12.8. The number of nitrogens with zero attached hydrogens (tertiary/aromatic N) is 1. The van der Waals surface area contributed by atoms with Crippen molar-refractivity contribution in [3.63, 3.8) is 0 Å². The molecule has 3 heterocycles. The Kier molecular flexibility index (Phi) is 5.29. The maximum absolute atomic E-state index is 12.7. The third kappa shape index (κ3) is 3.48. The Bertz CT molecular complexity index is 1260. The molecule has 3 aromatic heterocycles. The van der Waals surface area contributed by atoms with Gasteiger partial charge >= 0.3 is 0 Å². The second kappa shape index (κ2) is 7.71. The zero-order valence-corrected chi connectivity index (χ0v) is 18.3. The lowest BCUT2D eigenvalue weighted by Crippen LogP contribution is -2.10. The summed E-state index contributed by atoms with van der Waals surface area (Å²) in [7, 11) is 1.47. The highest BCUT2D eigenvalue weighted by molar-refractivity contribution is 9.10. The standard InChI is InChI=1S/C19H12BrClN2O3S2/c1-26-14-6-9(11(20)7-13(14)24)5-12(21)17-22-18(25)16-10(8-28-19(16)23-17)15-3-2-4-27-15/h2-8,24H,1H3,(H,22,23,25)/b12-5+. The molecule has 0 fully saturated rings. The highest BCUT2D eigenvalue weighted by atomic mass is 79.9. The van der Waals surface area contributed by atoms with Crippen LogP contribution in [0.15, 0.2) is 44.3 Å². The van der Waals surface area contributed by atoms with Crippen LogP contribution < -0.4 is 10.3 Å². The van der Waals surface area contributed by atoms with Gasteiger partial charge in [-0.1, -0.05) is 33.6 Å². The number of aromatic nitrogens is 2. The fourth-order valence-electron chi connectivity index (χ4n) is 2.71. The first-order chi connectivity index (χ1) is 13.5. The number of aromatic amines is 1. The summed E-state index contributed by atoms with van der Waals surface area (Å²) in [5, 5.41) is 14.6. The van der Waals surface area contributed by atoms with E-state index in [-0.39, 0.29) is 22.2 Å². The molecule has 0 saturated heterocycles. The maximum Gasteiger partial charge on any atom is 0.260 e. The molecule has 0 saturated carbocycles. The molecule has 142 valence electrons. The SMILES string of the molecule is COc1cc(/C=C(/Cl)c2nc3scc(-c4cccs4)c3c(=O)[nH]2)c(Br)cc1O. The molecule has 28 heavy (non-hydrogen) atoms. The highest BCUT2D eigenvalue weighted by Crippen LogP contribution is 2.36. The molecule has 0 aliphatic carbocycles. The fourth-order valence-corrected chi connectivity index (χ4v) is 5.13. The van der Waals surface area contributed by atoms with Crippen molar-refractivity contribution in [2.24, 2.45) is 0 Å². The largest absolute Gasteiger partial charge is 0.504 e. The predicted octanol–water partition coefficient (Wildman–Crippen LogP) is 5.93. The minimum atomic E-state index is -0.237. The minimum absolute atomic E-state index is 0.00953. The Balaban J connectivity index is 1.80. The first kappa shape index (κ1) is 19.2. The molecule has 0 radical (unpaired) electrons. The molecule has 4 aromatic rings. The van der Waals surface area contributed by atoms with Gasteiger partial charge in [0.15, 0.2) is 17.3 Å². The Hall–Kier alpha value is -2.13. The molecule has 9 heteroatoms. The molecule has 0 atom stereocenters. The van der Waals surface area contributed by atoms with E-state index in [1.807, 2.05) is 22.9 Å². The van der Waals surface area contributed by atoms with Crippen LogP contribution in [0.5, 0.6) is 11.5 Å². The number of halogens is 2. The van der Waals surface area contributed by atoms with Crippen LogP contribution in [-0.4, -0.2) is 22.2 Å². The topological polar surface area (TPSA) is 75.2 Å². The van der Waals surface area contributed by atoms with Crippen molar-refractivity contribution in [3.8, 4) is 21.9 Å². The molecular weight excluding hydrogens is 484 g/mol. The van der Waals surface area contributed by atoms with E-state index in [9.17, 15) is 9.90 Å². The fraction of sp³-hybridized carbons (Fsp3) is 0.0526. The van der Waals surface area contributed by atoms with Gasteiger partial charge in [0.25, 0.3) is 5.56 Å². The van der Waals surface area contributed by atoms with Crippen LogP contribution in [-0.2, 0) is 0 Å². The highest BCUT2D eigenvalue weighted by Gasteiger charge is 2.15. The summed E-state index contributed by atoms with van der Waals surface area (Å²) < 4.78 is 5.76. The Morgan fingerprint density at radius 2 is 2.21 bits per heavy atom. The summed E-state index contributed by atoms with van der Waals surface area (Å²) in [4.78, 5) is 21.6. The first-order valence-electron chi connectivity index (χ1n) is 7.97. The van der Waals surface area contributed by atoms with E-state index in [0.29, 0.717) is 26.0 Å². The van der Waals surface area contributed by atoms with Crippen LogP contribution in [0.25, 0.3) is 31.8 Å². The van der Waals surface area contributed by atoms with Crippen LogP contribution in [0.2, 0.25) is 0 Å². The van der Waals surface area contributed by atoms with Gasteiger partial charge in [0.1, 0.15) is 4.83 Å². The van der Waals surface area contributed by atoms with Crippen molar-refractivity contribution in [2.45, 2.75) is 0 Å². The van der Waals surface area contributed by atoms with Gasteiger partial charge in [-0.3, -0.25) is 4.79 Å². The lowest BCUT2D eigenvalue weighted by Gasteiger charge is -2.07. The van der Waals surface area contributed by atoms with Crippen molar-refractivity contribution in [2.75, 3.05) is 7.11 Å². The normalized spacial score (nSPS) is 11.9. The Morgan fingerprint density at radius 1 is 1.39 bits per heavy atom. The van der Waals surface area contributed by atoms with Crippen LogP contribution in [0.1, 0.15) is 11.4 Å². The maximum atomic E-state index is 12.7. The third-order valence-corrected chi connectivity index (χ3v) is 6.79. The van der Waals surface area contributed by atoms with Crippen LogP contribution in [0.4, 0.5) is 0 Å². The number of methoxy groups -OCH3 is 1. The van der Waals surface area contributed by atoms with Gasteiger partial charge < -0.3 is 14.8 Å². The summed E-state index contributed by atoms with van der Waals surface area (Å²) in [6.07, 6.45) is 1.64. The number of aromatic hydroxyl groups is 1. The van der Waals surface area contributed by atoms with E-state index in [4.69, 9.17) is 16.3 Å². The monoisotopic (exact) mass is 494 g/mol. The van der Waals surface area contributed by atoms with Crippen molar-refractivity contribution in [1.29, 1.82) is 0 Å². The second-order valence-corrected chi connectivity index (χ2v) is 8.83.